The quantitative estimate of drug-likeness (QED) is 0.673. The molecule has 0 amide bonds. The summed E-state index contributed by atoms with van der Waals surface area (Å²) in [4.78, 5) is 3.65. The lowest BCUT2D eigenvalue weighted by Crippen LogP contribution is -2.42. The highest BCUT2D eigenvalue weighted by molar-refractivity contribution is 7.89. The zero-order valence-corrected chi connectivity index (χ0v) is 16.5. The SMILES string of the molecule is Cc1ccc(F)c(S(=O)(=O)N2CCOC(c3[nH]ncc3-c3ccnc(N)c3)C2)c1. The second-order valence-corrected chi connectivity index (χ2v) is 8.73. The van der Waals surface area contributed by atoms with Gasteiger partial charge in [0.25, 0.3) is 0 Å². The summed E-state index contributed by atoms with van der Waals surface area (Å²) in [5, 5.41) is 6.97. The van der Waals surface area contributed by atoms with Gasteiger partial charge in [-0.3, -0.25) is 5.10 Å². The van der Waals surface area contributed by atoms with Gasteiger partial charge in [-0.25, -0.2) is 17.8 Å². The first-order valence-electron chi connectivity index (χ1n) is 8.99. The number of sulfonamides is 1. The molecule has 1 unspecified atom stereocenters. The molecule has 4 rings (SSSR count). The highest BCUT2D eigenvalue weighted by atomic mass is 32.2. The molecule has 0 spiro atoms. The lowest BCUT2D eigenvalue weighted by Gasteiger charge is -2.32. The molecule has 152 valence electrons. The molecular weight excluding hydrogens is 397 g/mol. The number of pyridine rings is 1. The van der Waals surface area contributed by atoms with Gasteiger partial charge in [0.15, 0.2) is 0 Å². The Morgan fingerprint density at radius 2 is 2.14 bits per heavy atom. The van der Waals surface area contributed by atoms with Gasteiger partial charge in [-0.2, -0.15) is 9.40 Å². The normalized spacial score (nSPS) is 18.1. The average Bonchev–Trinajstić information content (AvgIpc) is 3.20. The zero-order chi connectivity index (χ0) is 20.6. The first kappa shape index (κ1) is 19.5. The number of hydrogen-bond acceptors (Lipinski definition) is 6. The van der Waals surface area contributed by atoms with Crippen molar-refractivity contribution in [2.75, 3.05) is 25.4 Å². The van der Waals surface area contributed by atoms with Gasteiger partial charge in [-0.1, -0.05) is 6.07 Å². The fourth-order valence-corrected chi connectivity index (χ4v) is 4.93. The van der Waals surface area contributed by atoms with Gasteiger partial charge in [-0.15, -0.1) is 0 Å². The molecule has 0 radical (unpaired) electrons. The van der Waals surface area contributed by atoms with E-state index in [1.165, 1.54) is 22.5 Å². The van der Waals surface area contributed by atoms with Crippen molar-refractivity contribution < 1.29 is 17.5 Å². The minimum Gasteiger partial charge on any atom is -0.384 e. The van der Waals surface area contributed by atoms with Crippen LogP contribution in [0, 0.1) is 12.7 Å². The largest absolute Gasteiger partial charge is 0.384 e. The van der Waals surface area contributed by atoms with Crippen molar-refractivity contribution in [1.82, 2.24) is 19.5 Å². The van der Waals surface area contributed by atoms with E-state index in [1.807, 2.05) is 0 Å². The summed E-state index contributed by atoms with van der Waals surface area (Å²) in [7, 11) is -4.01. The Kier molecular flexibility index (Phi) is 5.07. The highest BCUT2D eigenvalue weighted by Gasteiger charge is 2.34. The van der Waals surface area contributed by atoms with Gasteiger partial charge < -0.3 is 10.5 Å². The third kappa shape index (κ3) is 3.74. The van der Waals surface area contributed by atoms with Gasteiger partial charge in [-0.05, 0) is 42.3 Å². The lowest BCUT2D eigenvalue weighted by molar-refractivity contribution is -0.00470. The summed E-state index contributed by atoms with van der Waals surface area (Å²) in [6, 6.07) is 7.53. The monoisotopic (exact) mass is 417 g/mol. The molecule has 1 saturated heterocycles. The van der Waals surface area contributed by atoms with E-state index in [0.717, 1.165) is 11.1 Å². The van der Waals surface area contributed by atoms with Crippen molar-refractivity contribution in [3.8, 4) is 11.1 Å². The van der Waals surface area contributed by atoms with Crippen LogP contribution in [0.25, 0.3) is 11.1 Å². The van der Waals surface area contributed by atoms with Crippen molar-refractivity contribution >= 4 is 15.8 Å². The van der Waals surface area contributed by atoms with Crippen molar-refractivity contribution in [3.05, 3.63) is 59.8 Å². The van der Waals surface area contributed by atoms with Crippen LogP contribution in [-0.2, 0) is 14.8 Å². The molecule has 3 aromatic rings. The van der Waals surface area contributed by atoms with E-state index in [1.54, 1.807) is 31.5 Å². The maximum Gasteiger partial charge on any atom is 0.246 e. The molecule has 1 aromatic carbocycles. The smallest absolute Gasteiger partial charge is 0.246 e. The number of aromatic amines is 1. The van der Waals surface area contributed by atoms with Crippen LogP contribution in [0.2, 0.25) is 0 Å². The number of nitrogens with two attached hydrogens (primary N) is 1. The summed E-state index contributed by atoms with van der Waals surface area (Å²) in [5.41, 5.74) is 8.59. The fraction of sp³-hybridized carbons (Fsp3) is 0.263. The number of nitrogens with zero attached hydrogens (tertiary/aromatic N) is 3. The first-order valence-corrected chi connectivity index (χ1v) is 10.4. The minimum atomic E-state index is -4.01. The number of aromatic nitrogens is 3. The van der Waals surface area contributed by atoms with Gasteiger partial charge in [0, 0.05) is 24.8 Å². The Balaban J connectivity index is 1.65. The van der Waals surface area contributed by atoms with Gasteiger partial charge in [0.1, 0.15) is 22.6 Å². The summed E-state index contributed by atoms with van der Waals surface area (Å²) < 4.78 is 47.4. The zero-order valence-electron chi connectivity index (χ0n) is 15.7. The van der Waals surface area contributed by atoms with E-state index >= 15 is 0 Å². The Morgan fingerprint density at radius 1 is 1.31 bits per heavy atom. The third-order valence-corrected chi connectivity index (χ3v) is 6.70. The van der Waals surface area contributed by atoms with E-state index in [9.17, 15) is 12.8 Å². The van der Waals surface area contributed by atoms with E-state index in [-0.39, 0.29) is 24.6 Å². The minimum absolute atomic E-state index is 0.0332. The topological polar surface area (TPSA) is 114 Å². The number of morpholine rings is 1. The fourth-order valence-electron chi connectivity index (χ4n) is 3.35. The molecule has 1 aliphatic rings. The van der Waals surface area contributed by atoms with Gasteiger partial charge in [0.05, 0.1) is 18.5 Å². The van der Waals surface area contributed by atoms with Crippen molar-refractivity contribution in [1.29, 1.82) is 0 Å². The molecule has 1 fully saturated rings. The molecule has 3 N–H and O–H groups in total. The lowest BCUT2D eigenvalue weighted by atomic mass is 10.0. The molecule has 29 heavy (non-hydrogen) atoms. The number of H-pyrrole nitrogens is 1. The number of anilines is 1. The number of nitrogens with one attached hydrogen (secondary N) is 1. The predicted octanol–water partition coefficient (Wildman–Crippen LogP) is 2.26. The molecular formula is C19H20FN5O3S. The molecule has 0 aliphatic carbocycles. The Hall–Kier alpha value is -2.82. The standard InChI is InChI=1S/C19H20FN5O3S/c1-12-2-3-15(20)17(8-12)29(26,27)25-6-7-28-16(11-25)19-14(10-23-24-19)13-4-5-22-18(21)9-13/h2-5,8-10,16H,6-7,11H2,1H3,(H2,21,22)(H,23,24). The van der Waals surface area contributed by atoms with Crippen molar-refractivity contribution in [2.24, 2.45) is 0 Å². The summed E-state index contributed by atoms with van der Waals surface area (Å²) >= 11 is 0. The Morgan fingerprint density at radius 3 is 2.93 bits per heavy atom. The van der Waals surface area contributed by atoms with Crippen molar-refractivity contribution in [2.45, 2.75) is 17.9 Å². The second kappa shape index (κ2) is 7.54. The molecule has 8 nitrogen and oxygen atoms in total. The van der Waals surface area contributed by atoms with E-state index in [4.69, 9.17) is 10.5 Å². The van der Waals surface area contributed by atoms with E-state index in [2.05, 4.69) is 15.2 Å². The molecule has 1 aliphatic heterocycles. The number of aryl methyl sites for hydroxylation is 1. The van der Waals surface area contributed by atoms with Crippen LogP contribution in [0.1, 0.15) is 17.4 Å². The second-order valence-electron chi connectivity index (χ2n) is 6.82. The molecule has 1 atom stereocenters. The molecule has 2 aromatic heterocycles. The van der Waals surface area contributed by atoms with Crippen LogP contribution in [0.5, 0.6) is 0 Å². The molecule has 0 bridgehead atoms. The maximum absolute atomic E-state index is 14.2. The van der Waals surface area contributed by atoms with Gasteiger partial charge >= 0.3 is 0 Å². The van der Waals surface area contributed by atoms with Crippen LogP contribution < -0.4 is 5.73 Å². The van der Waals surface area contributed by atoms with E-state index < -0.39 is 21.9 Å². The summed E-state index contributed by atoms with van der Waals surface area (Å²) in [6.45, 7) is 2.06. The number of benzene rings is 1. The van der Waals surface area contributed by atoms with E-state index in [0.29, 0.717) is 17.1 Å². The van der Waals surface area contributed by atoms with Crippen LogP contribution in [0.4, 0.5) is 10.2 Å². The number of nitrogen functional groups attached to an aromatic ring is 1. The average molecular weight is 417 g/mol. The van der Waals surface area contributed by atoms with Crippen molar-refractivity contribution in [3.63, 3.8) is 0 Å². The molecule has 10 heteroatoms. The molecule has 0 saturated carbocycles. The van der Waals surface area contributed by atoms with Crippen LogP contribution in [0.3, 0.4) is 0 Å². The number of halogens is 1. The van der Waals surface area contributed by atoms with Crippen LogP contribution >= 0.6 is 0 Å². The van der Waals surface area contributed by atoms with Crippen LogP contribution in [0.15, 0.2) is 47.6 Å². The Bertz CT molecular complexity index is 1150. The third-order valence-electron chi connectivity index (χ3n) is 4.82. The van der Waals surface area contributed by atoms with Crippen LogP contribution in [-0.4, -0.2) is 47.6 Å². The summed E-state index contributed by atoms with van der Waals surface area (Å²) in [5.74, 6) is -0.411. The highest BCUT2D eigenvalue weighted by Crippen LogP contribution is 2.32. The predicted molar refractivity (Wildman–Crippen MR) is 105 cm³/mol. The number of rotatable bonds is 4. The Labute approximate surface area is 167 Å². The van der Waals surface area contributed by atoms with Gasteiger partial charge in [0.2, 0.25) is 10.0 Å². The maximum atomic E-state index is 14.2. The summed E-state index contributed by atoms with van der Waals surface area (Å²) in [6.07, 6.45) is 2.62. The molecule has 3 heterocycles. The first-order chi connectivity index (χ1) is 13.9. The number of ether oxygens (including phenoxy) is 1. The number of hydrogen-bond donors (Lipinski definition) is 2.